The largest absolute Gasteiger partial charge is 0.448 e. The Bertz CT molecular complexity index is 700. The molecule has 0 aliphatic rings. The van der Waals surface area contributed by atoms with Crippen LogP contribution in [0.2, 0.25) is 0 Å². The number of nitrogens with zero attached hydrogens (tertiary/aromatic N) is 1. The minimum Gasteiger partial charge on any atom is -0.448 e. The van der Waals surface area contributed by atoms with Gasteiger partial charge < -0.3 is 15.8 Å². The van der Waals surface area contributed by atoms with Crippen molar-refractivity contribution in [2.45, 2.75) is 32.2 Å². The van der Waals surface area contributed by atoms with Crippen LogP contribution in [-0.2, 0) is 11.2 Å². The Balaban J connectivity index is 2.05. The fraction of sp³-hybridized carbons (Fsp3) is 0.316. The van der Waals surface area contributed by atoms with Crippen LogP contribution in [0.5, 0.6) is 0 Å². The van der Waals surface area contributed by atoms with E-state index in [1.807, 2.05) is 50.2 Å². The van der Waals surface area contributed by atoms with Gasteiger partial charge in [0.15, 0.2) is 0 Å². The number of amides is 2. The first-order valence-electron chi connectivity index (χ1n) is 8.18. The number of carbonyl (C=O) groups is 2. The van der Waals surface area contributed by atoms with Crippen molar-refractivity contribution in [1.29, 1.82) is 0 Å². The fourth-order valence-corrected chi connectivity index (χ4v) is 2.38. The average molecular weight is 341 g/mol. The van der Waals surface area contributed by atoms with E-state index in [2.05, 4.69) is 10.3 Å². The Morgan fingerprint density at radius 3 is 2.44 bits per heavy atom. The maximum absolute atomic E-state index is 12.4. The molecule has 6 nitrogen and oxygen atoms in total. The maximum atomic E-state index is 12.4. The van der Waals surface area contributed by atoms with Crippen LogP contribution in [-0.4, -0.2) is 29.6 Å². The number of carbonyl (C=O) groups excluding carboxylic acids is 2. The molecule has 0 saturated heterocycles. The van der Waals surface area contributed by atoms with Gasteiger partial charge in [-0.3, -0.25) is 9.78 Å². The number of hydrogen-bond donors (Lipinski definition) is 2. The van der Waals surface area contributed by atoms with Gasteiger partial charge in [-0.25, -0.2) is 4.79 Å². The number of nitrogens with one attached hydrogen (secondary N) is 1. The smallest absolute Gasteiger partial charge is 0.404 e. The molecule has 6 heteroatoms. The van der Waals surface area contributed by atoms with E-state index in [0.717, 1.165) is 11.3 Å². The van der Waals surface area contributed by atoms with Crippen LogP contribution in [0.25, 0.3) is 0 Å². The summed E-state index contributed by atoms with van der Waals surface area (Å²) in [5.41, 5.74) is 7.44. The van der Waals surface area contributed by atoms with Gasteiger partial charge in [-0.05, 0) is 30.0 Å². The Morgan fingerprint density at radius 1 is 1.16 bits per heavy atom. The zero-order valence-electron chi connectivity index (χ0n) is 14.4. The minimum absolute atomic E-state index is 0.00741. The minimum atomic E-state index is -0.865. The van der Waals surface area contributed by atoms with E-state index in [-0.39, 0.29) is 18.6 Å². The average Bonchev–Trinajstić information content (AvgIpc) is 2.60. The molecule has 2 rings (SSSR count). The van der Waals surface area contributed by atoms with Gasteiger partial charge in [-0.2, -0.15) is 0 Å². The molecule has 3 N–H and O–H groups in total. The number of aromatic nitrogens is 1. The van der Waals surface area contributed by atoms with Crippen LogP contribution >= 0.6 is 0 Å². The molecular formula is C19H23N3O3. The lowest BCUT2D eigenvalue weighted by atomic mass is 10.1. The molecule has 0 spiro atoms. The van der Waals surface area contributed by atoms with Gasteiger partial charge >= 0.3 is 6.09 Å². The van der Waals surface area contributed by atoms with Crippen molar-refractivity contribution < 1.29 is 14.3 Å². The summed E-state index contributed by atoms with van der Waals surface area (Å²) in [6.45, 7) is 4.09. The monoisotopic (exact) mass is 341 g/mol. The first kappa shape index (κ1) is 18.4. The third kappa shape index (κ3) is 5.91. The quantitative estimate of drug-likeness (QED) is 0.809. The summed E-state index contributed by atoms with van der Waals surface area (Å²) in [7, 11) is 0. The molecule has 0 fully saturated rings. The normalized spacial score (nSPS) is 11.8. The fourth-order valence-electron chi connectivity index (χ4n) is 2.38. The second-order valence-corrected chi connectivity index (χ2v) is 6.12. The molecule has 0 unspecified atom stereocenters. The van der Waals surface area contributed by atoms with Gasteiger partial charge in [0.05, 0.1) is 11.6 Å². The van der Waals surface area contributed by atoms with Crippen LogP contribution in [0, 0.1) is 0 Å². The van der Waals surface area contributed by atoms with Gasteiger partial charge in [0, 0.05) is 11.9 Å². The maximum Gasteiger partial charge on any atom is 0.404 e. The molecule has 2 amide bonds. The lowest BCUT2D eigenvalue weighted by molar-refractivity contribution is 0.0898. The van der Waals surface area contributed by atoms with Crippen molar-refractivity contribution in [2.75, 3.05) is 6.61 Å². The summed E-state index contributed by atoms with van der Waals surface area (Å²) in [5.74, 6) is 0.0312. The van der Waals surface area contributed by atoms with Crippen LogP contribution in [0.3, 0.4) is 0 Å². The second kappa shape index (κ2) is 8.82. The molecule has 1 heterocycles. The Hall–Kier alpha value is -2.89. The third-order valence-corrected chi connectivity index (χ3v) is 3.73. The van der Waals surface area contributed by atoms with Crippen molar-refractivity contribution in [3.8, 4) is 0 Å². The molecule has 132 valence electrons. The zero-order valence-corrected chi connectivity index (χ0v) is 14.4. The van der Waals surface area contributed by atoms with E-state index in [9.17, 15) is 9.59 Å². The number of benzene rings is 1. The van der Waals surface area contributed by atoms with Crippen LogP contribution < -0.4 is 11.1 Å². The zero-order chi connectivity index (χ0) is 18.2. The number of rotatable bonds is 7. The topological polar surface area (TPSA) is 94.3 Å². The summed E-state index contributed by atoms with van der Waals surface area (Å²) in [6.07, 6.45) is 1.21. The molecular weight excluding hydrogens is 318 g/mol. The molecule has 2 aromatic rings. The lowest BCUT2D eigenvalue weighted by Crippen LogP contribution is -2.41. The number of nitrogens with two attached hydrogens (primary N) is 1. The van der Waals surface area contributed by atoms with Crippen molar-refractivity contribution >= 4 is 12.0 Å². The Labute approximate surface area is 147 Å². The van der Waals surface area contributed by atoms with Gasteiger partial charge in [0.2, 0.25) is 0 Å². The number of ether oxygens (including phenoxy) is 1. The SMILES string of the molecule is CC(C)c1ccc(C(=O)N[C@@H](COC(N)=O)Cc2ccccc2)cn1. The summed E-state index contributed by atoms with van der Waals surface area (Å²) in [6, 6.07) is 12.8. The van der Waals surface area contributed by atoms with Gasteiger partial charge in [0.1, 0.15) is 6.61 Å². The molecule has 25 heavy (non-hydrogen) atoms. The molecule has 0 bridgehead atoms. The first-order chi connectivity index (χ1) is 12.0. The highest BCUT2D eigenvalue weighted by Crippen LogP contribution is 2.12. The van der Waals surface area contributed by atoms with Gasteiger partial charge in [0.25, 0.3) is 5.91 Å². The Kier molecular flexibility index (Phi) is 6.51. The summed E-state index contributed by atoms with van der Waals surface area (Å²) < 4.78 is 4.87. The van der Waals surface area contributed by atoms with Gasteiger partial charge in [-0.15, -0.1) is 0 Å². The predicted molar refractivity (Wildman–Crippen MR) is 95.3 cm³/mol. The van der Waals surface area contributed by atoms with E-state index < -0.39 is 6.09 Å². The summed E-state index contributed by atoms with van der Waals surface area (Å²) in [4.78, 5) is 27.6. The number of primary amides is 1. The summed E-state index contributed by atoms with van der Waals surface area (Å²) in [5, 5.41) is 2.87. The van der Waals surface area contributed by atoms with E-state index >= 15 is 0 Å². The molecule has 0 aliphatic carbocycles. The lowest BCUT2D eigenvalue weighted by Gasteiger charge is -2.18. The van der Waals surface area contributed by atoms with E-state index in [4.69, 9.17) is 10.5 Å². The van der Waals surface area contributed by atoms with Crippen molar-refractivity contribution in [1.82, 2.24) is 10.3 Å². The highest BCUT2D eigenvalue weighted by molar-refractivity contribution is 5.94. The number of pyridine rings is 1. The van der Waals surface area contributed by atoms with Crippen LogP contribution in [0.1, 0.15) is 41.4 Å². The second-order valence-electron chi connectivity index (χ2n) is 6.12. The third-order valence-electron chi connectivity index (χ3n) is 3.73. The molecule has 1 aromatic carbocycles. The van der Waals surface area contributed by atoms with E-state index in [1.165, 1.54) is 0 Å². The van der Waals surface area contributed by atoms with Crippen molar-refractivity contribution in [3.63, 3.8) is 0 Å². The predicted octanol–water partition coefficient (Wildman–Crippen LogP) is 2.64. The van der Waals surface area contributed by atoms with Crippen molar-refractivity contribution in [3.05, 3.63) is 65.5 Å². The standard InChI is InChI=1S/C19H23N3O3/c1-13(2)17-9-8-15(11-21-17)18(23)22-16(12-25-19(20)24)10-14-6-4-3-5-7-14/h3-9,11,13,16H,10,12H2,1-2H3,(H2,20,24)(H,22,23)/t16-/m1/s1. The van der Waals surface area contributed by atoms with E-state index in [1.54, 1.807) is 12.3 Å². The molecule has 0 radical (unpaired) electrons. The van der Waals surface area contributed by atoms with Gasteiger partial charge in [-0.1, -0.05) is 44.2 Å². The Morgan fingerprint density at radius 2 is 1.88 bits per heavy atom. The highest BCUT2D eigenvalue weighted by atomic mass is 16.5. The van der Waals surface area contributed by atoms with Crippen LogP contribution in [0.4, 0.5) is 4.79 Å². The molecule has 1 atom stereocenters. The van der Waals surface area contributed by atoms with Crippen LogP contribution in [0.15, 0.2) is 48.7 Å². The highest BCUT2D eigenvalue weighted by Gasteiger charge is 2.16. The molecule has 0 saturated carbocycles. The van der Waals surface area contributed by atoms with E-state index in [0.29, 0.717) is 17.9 Å². The van der Waals surface area contributed by atoms with Crippen molar-refractivity contribution in [2.24, 2.45) is 5.73 Å². The first-order valence-corrected chi connectivity index (χ1v) is 8.18. The molecule has 0 aliphatic heterocycles. The molecule has 1 aromatic heterocycles. The number of hydrogen-bond acceptors (Lipinski definition) is 4. The summed E-state index contributed by atoms with van der Waals surface area (Å²) >= 11 is 0.